The van der Waals surface area contributed by atoms with Gasteiger partial charge in [0.2, 0.25) is 5.91 Å². The standard InChI is InChI=1S/C13H18N2O2/c16-12-6-2-1-4-11(5-3-7-12)13(17)15-9-8-14-10-15/h8-11H,1-7H2. The van der Waals surface area contributed by atoms with E-state index >= 15 is 0 Å². The fourth-order valence-electron chi connectivity index (χ4n) is 2.38. The molecule has 1 unspecified atom stereocenters. The molecule has 0 N–H and O–H groups in total. The molecular weight excluding hydrogens is 216 g/mol. The van der Waals surface area contributed by atoms with Gasteiger partial charge in [-0.15, -0.1) is 0 Å². The topological polar surface area (TPSA) is 52.0 Å². The van der Waals surface area contributed by atoms with Gasteiger partial charge in [0.15, 0.2) is 0 Å². The third kappa shape index (κ3) is 3.25. The van der Waals surface area contributed by atoms with Crippen LogP contribution in [-0.2, 0) is 4.79 Å². The van der Waals surface area contributed by atoms with E-state index in [1.807, 2.05) is 0 Å². The van der Waals surface area contributed by atoms with Gasteiger partial charge in [-0.05, 0) is 25.7 Å². The monoisotopic (exact) mass is 234 g/mol. The number of carbonyl (C=O) groups excluding carboxylic acids is 2. The Bertz CT molecular complexity index is 384. The number of rotatable bonds is 1. The van der Waals surface area contributed by atoms with Crippen LogP contribution in [0.3, 0.4) is 0 Å². The van der Waals surface area contributed by atoms with Crippen molar-refractivity contribution in [2.45, 2.75) is 44.9 Å². The van der Waals surface area contributed by atoms with Crippen molar-refractivity contribution in [3.63, 3.8) is 0 Å². The molecule has 1 saturated carbocycles. The molecule has 0 aromatic carbocycles. The van der Waals surface area contributed by atoms with Crippen LogP contribution in [0.15, 0.2) is 18.7 Å². The quantitative estimate of drug-likeness (QED) is 0.750. The van der Waals surface area contributed by atoms with Gasteiger partial charge in [-0.1, -0.05) is 6.42 Å². The van der Waals surface area contributed by atoms with E-state index < -0.39 is 0 Å². The molecule has 0 aliphatic heterocycles. The van der Waals surface area contributed by atoms with Crippen LogP contribution in [0.4, 0.5) is 0 Å². The van der Waals surface area contributed by atoms with Crippen molar-refractivity contribution in [3.8, 4) is 0 Å². The van der Waals surface area contributed by atoms with Crippen LogP contribution in [0, 0.1) is 5.92 Å². The lowest BCUT2D eigenvalue weighted by Crippen LogP contribution is -2.20. The van der Waals surface area contributed by atoms with E-state index in [9.17, 15) is 9.59 Å². The van der Waals surface area contributed by atoms with Crippen molar-refractivity contribution < 1.29 is 9.59 Å². The summed E-state index contributed by atoms with van der Waals surface area (Å²) in [5.74, 6) is 0.521. The van der Waals surface area contributed by atoms with Gasteiger partial charge in [-0.25, -0.2) is 4.98 Å². The minimum Gasteiger partial charge on any atom is -0.300 e. The van der Waals surface area contributed by atoms with Gasteiger partial charge in [0.05, 0.1) is 0 Å². The molecule has 17 heavy (non-hydrogen) atoms. The molecule has 0 radical (unpaired) electrons. The number of carbonyl (C=O) groups is 2. The number of nitrogens with zero attached hydrogens (tertiary/aromatic N) is 2. The first-order chi connectivity index (χ1) is 8.27. The summed E-state index contributed by atoms with van der Waals surface area (Å²) < 4.78 is 1.56. The Morgan fingerprint density at radius 3 is 2.76 bits per heavy atom. The largest absolute Gasteiger partial charge is 0.300 e. The maximum absolute atomic E-state index is 12.2. The number of hydrogen-bond acceptors (Lipinski definition) is 3. The smallest absolute Gasteiger partial charge is 0.234 e. The molecule has 2 rings (SSSR count). The summed E-state index contributed by atoms with van der Waals surface area (Å²) in [5.41, 5.74) is 0. The van der Waals surface area contributed by atoms with Crippen LogP contribution in [0.25, 0.3) is 0 Å². The first-order valence-corrected chi connectivity index (χ1v) is 6.31. The van der Waals surface area contributed by atoms with Crippen LogP contribution in [0.5, 0.6) is 0 Å². The molecule has 1 fully saturated rings. The van der Waals surface area contributed by atoms with Gasteiger partial charge < -0.3 is 0 Å². The Kier molecular flexibility index (Phi) is 4.07. The summed E-state index contributed by atoms with van der Waals surface area (Å²) in [6.07, 6.45) is 10.6. The maximum atomic E-state index is 12.2. The Morgan fingerprint density at radius 1 is 1.24 bits per heavy atom. The number of Topliss-reactive ketones (excluding diaryl/α,β-unsaturated/α-hetero) is 1. The van der Waals surface area contributed by atoms with Crippen molar-refractivity contribution in [1.82, 2.24) is 9.55 Å². The molecule has 0 spiro atoms. The predicted molar refractivity (Wildman–Crippen MR) is 63.7 cm³/mol. The first kappa shape index (κ1) is 12.0. The minimum absolute atomic E-state index is 0.0510. The van der Waals surface area contributed by atoms with Crippen LogP contribution >= 0.6 is 0 Å². The van der Waals surface area contributed by atoms with Crippen LogP contribution in [-0.4, -0.2) is 21.2 Å². The molecule has 1 aliphatic rings. The van der Waals surface area contributed by atoms with Crippen molar-refractivity contribution in [3.05, 3.63) is 18.7 Å². The zero-order valence-electron chi connectivity index (χ0n) is 9.97. The fourth-order valence-corrected chi connectivity index (χ4v) is 2.38. The highest BCUT2D eigenvalue weighted by atomic mass is 16.2. The summed E-state index contributed by atoms with van der Waals surface area (Å²) >= 11 is 0. The predicted octanol–water partition coefficient (Wildman–Crippen LogP) is 2.45. The second kappa shape index (κ2) is 5.75. The average Bonchev–Trinajstić information content (AvgIpc) is 2.85. The van der Waals surface area contributed by atoms with Gasteiger partial charge in [-0.2, -0.15) is 0 Å². The molecule has 1 aromatic rings. The van der Waals surface area contributed by atoms with E-state index in [0.29, 0.717) is 18.6 Å². The lowest BCUT2D eigenvalue weighted by atomic mass is 9.96. The van der Waals surface area contributed by atoms with E-state index in [-0.39, 0.29) is 11.8 Å². The normalized spacial score (nSPS) is 22.6. The van der Waals surface area contributed by atoms with Crippen LogP contribution in [0.1, 0.15) is 49.7 Å². The summed E-state index contributed by atoms with van der Waals surface area (Å²) in [4.78, 5) is 27.4. The van der Waals surface area contributed by atoms with Crippen molar-refractivity contribution in [1.29, 1.82) is 0 Å². The van der Waals surface area contributed by atoms with Gasteiger partial charge in [0, 0.05) is 31.2 Å². The summed E-state index contributed by atoms with van der Waals surface area (Å²) in [6, 6.07) is 0. The maximum Gasteiger partial charge on any atom is 0.234 e. The minimum atomic E-state index is 0.0510. The van der Waals surface area contributed by atoms with E-state index in [4.69, 9.17) is 0 Å². The number of aromatic nitrogens is 2. The number of ketones is 1. The molecule has 0 saturated heterocycles. The second-order valence-corrected chi connectivity index (χ2v) is 4.68. The highest BCUT2D eigenvalue weighted by Crippen LogP contribution is 2.22. The van der Waals surface area contributed by atoms with Crippen LogP contribution in [0.2, 0.25) is 0 Å². The fraction of sp³-hybridized carbons (Fsp3) is 0.615. The van der Waals surface area contributed by atoms with Gasteiger partial charge >= 0.3 is 0 Å². The van der Waals surface area contributed by atoms with Gasteiger partial charge in [-0.3, -0.25) is 14.2 Å². The Morgan fingerprint density at radius 2 is 2.00 bits per heavy atom. The highest BCUT2D eigenvalue weighted by Gasteiger charge is 2.21. The SMILES string of the molecule is O=C1CCCCC(C(=O)n2ccnc2)CCC1. The summed E-state index contributed by atoms with van der Waals surface area (Å²) in [6.45, 7) is 0. The lowest BCUT2D eigenvalue weighted by Gasteiger charge is -2.14. The average molecular weight is 234 g/mol. The second-order valence-electron chi connectivity index (χ2n) is 4.68. The molecule has 0 amide bonds. The Hall–Kier alpha value is -1.45. The molecule has 4 heteroatoms. The number of hydrogen-bond donors (Lipinski definition) is 0. The van der Waals surface area contributed by atoms with E-state index in [1.165, 1.54) is 0 Å². The Balaban J connectivity index is 1.99. The molecule has 1 aromatic heterocycles. The molecule has 1 heterocycles. The van der Waals surface area contributed by atoms with Gasteiger partial charge in [0.1, 0.15) is 12.1 Å². The van der Waals surface area contributed by atoms with E-state index in [1.54, 1.807) is 23.3 Å². The summed E-state index contributed by atoms with van der Waals surface area (Å²) in [5, 5.41) is 0. The van der Waals surface area contributed by atoms with Crippen molar-refractivity contribution in [2.75, 3.05) is 0 Å². The van der Waals surface area contributed by atoms with Crippen molar-refractivity contribution in [2.24, 2.45) is 5.92 Å². The molecule has 92 valence electrons. The molecule has 1 aliphatic carbocycles. The Labute approximate surface area is 101 Å². The third-order valence-corrected chi connectivity index (χ3v) is 3.37. The lowest BCUT2D eigenvalue weighted by molar-refractivity contribution is -0.119. The molecule has 0 bridgehead atoms. The zero-order chi connectivity index (χ0) is 12.1. The van der Waals surface area contributed by atoms with E-state index in [2.05, 4.69) is 4.98 Å². The zero-order valence-corrected chi connectivity index (χ0v) is 9.97. The summed E-state index contributed by atoms with van der Waals surface area (Å²) in [7, 11) is 0. The highest BCUT2D eigenvalue weighted by molar-refractivity contribution is 5.81. The third-order valence-electron chi connectivity index (χ3n) is 3.37. The van der Waals surface area contributed by atoms with Gasteiger partial charge in [0.25, 0.3) is 0 Å². The number of imidazole rings is 1. The van der Waals surface area contributed by atoms with E-state index in [0.717, 1.165) is 32.1 Å². The molecule has 4 nitrogen and oxygen atoms in total. The van der Waals surface area contributed by atoms with Crippen molar-refractivity contribution >= 4 is 11.7 Å². The molecule has 1 atom stereocenters. The molecular formula is C13H18N2O2. The van der Waals surface area contributed by atoms with Crippen LogP contribution < -0.4 is 0 Å². The first-order valence-electron chi connectivity index (χ1n) is 6.31.